The predicted molar refractivity (Wildman–Crippen MR) is 124 cm³/mol. The van der Waals surface area contributed by atoms with Crippen LogP contribution in [0.5, 0.6) is 0 Å². The first kappa shape index (κ1) is 24.7. The summed E-state index contributed by atoms with van der Waals surface area (Å²) in [6.45, 7) is 7.38. The fourth-order valence-electron chi connectivity index (χ4n) is 3.76. The van der Waals surface area contributed by atoms with Gasteiger partial charge in [-0.15, -0.1) is 0 Å². The Morgan fingerprint density at radius 1 is 1.00 bits per heavy atom. The Kier molecular flexibility index (Phi) is 7.05. The van der Waals surface area contributed by atoms with E-state index >= 15 is 0 Å². The van der Waals surface area contributed by atoms with Gasteiger partial charge in [0.1, 0.15) is 5.25 Å². The van der Waals surface area contributed by atoms with Crippen LogP contribution in [0.4, 0.5) is 0 Å². The lowest BCUT2D eigenvalue weighted by Crippen LogP contribution is -2.57. The van der Waals surface area contributed by atoms with Crippen LogP contribution in [-0.2, 0) is 24.7 Å². The number of amides is 1. The van der Waals surface area contributed by atoms with E-state index in [-0.39, 0.29) is 41.8 Å². The van der Waals surface area contributed by atoms with Crippen molar-refractivity contribution >= 4 is 37.4 Å². The normalized spacial score (nSPS) is 15.0. The monoisotopic (exact) mass is 498 g/mol. The molecule has 1 fully saturated rings. The molecule has 1 N–H and O–H groups in total. The Labute approximate surface area is 194 Å². The number of rotatable bonds is 7. The van der Waals surface area contributed by atoms with Gasteiger partial charge in [0.05, 0.1) is 9.79 Å². The lowest BCUT2D eigenvalue weighted by atomic mass is 10.0. The molecule has 10 heteroatoms. The van der Waals surface area contributed by atoms with Gasteiger partial charge in [-0.1, -0.05) is 17.7 Å². The SMILES string of the molecule is Cc1cc(C)c(C)c(S(=O)(=O)NCCC(=O)N2CC(S(=O)(=O)c3ccc(Cl)cc3)C2)c1C. The molecular formula is C22H27ClN2O5S2. The molecule has 174 valence electrons. The molecule has 1 heterocycles. The third kappa shape index (κ3) is 4.85. The van der Waals surface area contributed by atoms with E-state index in [4.69, 9.17) is 11.6 Å². The number of likely N-dealkylation sites (tertiary alicyclic amines) is 1. The van der Waals surface area contributed by atoms with E-state index in [1.807, 2.05) is 19.9 Å². The summed E-state index contributed by atoms with van der Waals surface area (Å²) in [5.41, 5.74) is 3.14. The van der Waals surface area contributed by atoms with Crippen LogP contribution in [0.2, 0.25) is 5.02 Å². The minimum Gasteiger partial charge on any atom is -0.340 e. The first-order valence-electron chi connectivity index (χ1n) is 10.2. The van der Waals surface area contributed by atoms with Crippen LogP contribution < -0.4 is 4.72 Å². The lowest BCUT2D eigenvalue weighted by Gasteiger charge is -2.38. The fraction of sp³-hybridized carbons (Fsp3) is 0.409. The summed E-state index contributed by atoms with van der Waals surface area (Å²) in [7, 11) is -7.32. The van der Waals surface area contributed by atoms with Crippen molar-refractivity contribution in [2.45, 2.75) is 49.2 Å². The zero-order valence-electron chi connectivity index (χ0n) is 18.5. The minimum absolute atomic E-state index is 0.0458. The van der Waals surface area contributed by atoms with Crippen molar-refractivity contribution < 1.29 is 21.6 Å². The number of nitrogens with one attached hydrogen (secondary N) is 1. The van der Waals surface area contributed by atoms with E-state index in [1.165, 1.54) is 29.2 Å². The molecule has 0 aromatic heterocycles. The van der Waals surface area contributed by atoms with Crippen molar-refractivity contribution in [3.8, 4) is 0 Å². The zero-order valence-corrected chi connectivity index (χ0v) is 20.9. The van der Waals surface area contributed by atoms with E-state index in [0.717, 1.165) is 11.1 Å². The van der Waals surface area contributed by atoms with E-state index in [2.05, 4.69) is 4.72 Å². The fourth-order valence-corrected chi connectivity index (χ4v) is 7.18. The van der Waals surface area contributed by atoms with Crippen LogP contribution in [0.25, 0.3) is 0 Å². The van der Waals surface area contributed by atoms with Gasteiger partial charge in [-0.25, -0.2) is 21.6 Å². The number of carbonyl (C=O) groups excluding carboxylic acids is 1. The van der Waals surface area contributed by atoms with Crippen molar-refractivity contribution in [1.82, 2.24) is 9.62 Å². The number of sulfone groups is 1. The minimum atomic E-state index is -3.78. The molecule has 3 rings (SSSR count). The third-order valence-electron chi connectivity index (χ3n) is 5.98. The van der Waals surface area contributed by atoms with Gasteiger partial charge in [-0.2, -0.15) is 0 Å². The second-order valence-electron chi connectivity index (χ2n) is 8.16. The van der Waals surface area contributed by atoms with Crippen molar-refractivity contribution in [3.63, 3.8) is 0 Å². The average Bonchev–Trinajstić information content (AvgIpc) is 2.65. The van der Waals surface area contributed by atoms with Crippen LogP contribution in [0, 0.1) is 27.7 Å². The van der Waals surface area contributed by atoms with Gasteiger partial charge in [0.15, 0.2) is 9.84 Å². The first-order chi connectivity index (χ1) is 14.8. The number of sulfonamides is 1. The van der Waals surface area contributed by atoms with Crippen LogP contribution in [0.15, 0.2) is 40.1 Å². The van der Waals surface area contributed by atoms with Gasteiger partial charge < -0.3 is 4.90 Å². The number of hydrogen-bond donors (Lipinski definition) is 1. The summed E-state index contributed by atoms with van der Waals surface area (Å²) in [5.74, 6) is -0.288. The molecule has 1 amide bonds. The summed E-state index contributed by atoms with van der Waals surface area (Å²) >= 11 is 5.81. The highest BCUT2D eigenvalue weighted by Crippen LogP contribution is 2.27. The van der Waals surface area contributed by atoms with Gasteiger partial charge in [0, 0.05) is 31.1 Å². The van der Waals surface area contributed by atoms with Gasteiger partial charge in [0.2, 0.25) is 15.9 Å². The van der Waals surface area contributed by atoms with Crippen molar-refractivity contribution in [2.24, 2.45) is 0 Å². The van der Waals surface area contributed by atoms with Crippen LogP contribution in [-0.4, -0.2) is 52.5 Å². The van der Waals surface area contributed by atoms with E-state index in [1.54, 1.807) is 13.8 Å². The summed E-state index contributed by atoms with van der Waals surface area (Å²) in [4.78, 5) is 14.3. The molecule has 2 aromatic rings. The molecule has 0 radical (unpaired) electrons. The molecule has 0 bridgehead atoms. The molecule has 7 nitrogen and oxygen atoms in total. The Balaban J connectivity index is 1.57. The average molecular weight is 499 g/mol. The van der Waals surface area contributed by atoms with E-state index in [9.17, 15) is 21.6 Å². The molecule has 0 unspecified atom stereocenters. The van der Waals surface area contributed by atoms with Crippen molar-refractivity contribution in [2.75, 3.05) is 19.6 Å². The smallest absolute Gasteiger partial charge is 0.241 e. The van der Waals surface area contributed by atoms with Crippen molar-refractivity contribution in [3.05, 3.63) is 57.6 Å². The highest BCUT2D eigenvalue weighted by molar-refractivity contribution is 7.92. The third-order valence-corrected chi connectivity index (χ3v) is 10.1. The van der Waals surface area contributed by atoms with Crippen LogP contribution in [0.3, 0.4) is 0 Å². The lowest BCUT2D eigenvalue weighted by molar-refractivity contribution is -0.134. The maximum absolute atomic E-state index is 12.9. The largest absolute Gasteiger partial charge is 0.340 e. The summed E-state index contributed by atoms with van der Waals surface area (Å²) in [6, 6.07) is 7.88. The van der Waals surface area contributed by atoms with Gasteiger partial charge in [-0.05, 0) is 74.2 Å². The molecule has 0 aliphatic carbocycles. The van der Waals surface area contributed by atoms with Gasteiger partial charge in [0.25, 0.3) is 0 Å². The molecule has 2 aromatic carbocycles. The number of carbonyl (C=O) groups is 1. The van der Waals surface area contributed by atoms with Crippen LogP contribution in [0.1, 0.15) is 28.7 Å². The summed E-state index contributed by atoms with van der Waals surface area (Å²) in [6.07, 6.45) is -0.0458. The molecular weight excluding hydrogens is 472 g/mol. The van der Waals surface area contributed by atoms with Crippen LogP contribution >= 0.6 is 11.6 Å². The molecule has 0 saturated carbocycles. The molecule has 1 aliphatic heterocycles. The van der Waals surface area contributed by atoms with Crippen molar-refractivity contribution in [1.29, 1.82) is 0 Å². The Bertz CT molecular complexity index is 1220. The number of hydrogen-bond acceptors (Lipinski definition) is 5. The second kappa shape index (κ2) is 9.13. The second-order valence-corrected chi connectivity index (χ2v) is 12.5. The molecule has 1 saturated heterocycles. The number of benzene rings is 2. The predicted octanol–water partition coefficient (Wildman–Crippen LogP) is 2.93. The zero-order chi connectivity index (χ0) is 23.8. The van der Waals surface area contributed by atoms with Gasteiger partial charge >= 0.3 is 0 Å². The molecule has 32 heavy (non-hydrogen) atoms. The molecule has 1 aliphatic rings. The quantitative estimate of drug-likeness (QED) is 0.632. The first-order valence-corrected chi connectivity index (χ1v) is 13.6. The highest BCUT2D eigenvalue weighted by atomic mass is 35.5. The maximum Gasteiger partial charge on any atom is 0.241 e. The highest BCUT2D eigenvalue weighted by Gasteiger charge is 2.40. The number of aryl methyl sites for hydroxylation is 2. The molecule has 0 spiro atoms. The standard InChI is InChI=1S/C22H27ClN2O5S2/c1-14-11-15(2)17(4)22(16(14)3)32(29,30)24-10-9-21(26)25-12-20(13-25)31(27,28)19-7-5-18(23)6-8-19/h5-8,11,20,24H,9-10,12-13H2,1-4H3. The maximum atomic E-state index is 12.9. The Morgan fingerprint density at radius 2 is 1.53 bits per heavy atom. The topological polar surface area (TPSA) is 101 Å². The Hall–Kier alpha value is -1.94. The van der Waals surface area contributed by atoms with Gasteiger partial charge in [-0.3, -0.25) is 4.79 Å². The number of nitrogens with zero attached hydrogens (tertiary/aromatic N) is 1. The summed E-state index contributed by atoms with van der Waals surface area (Å²) < 4.78 is 53.5. The number of halogens is 1. The molecule has 0 atom stereocenters. The Morgan fingerprint density at radius 3 is 2.06 bits per heavy atom. The summed E-state index contributed by atoms with van der Waals surface area (Å²) in [5, 5.41) is -0.229. The van der Waals surface area contributed by atoms with E-state index < -0.39 is 25.1 Å². The van der Waals surface area contributed by atoms with E-state index in [0.29, 0.717) is 16.1 Å².